The first kappa shape index (κ1) is 17.6. The third-order valence-electron chi connectivity index (χ3n) is 3.56. The molecular formula is C18H18ClNO2S. The van der Waals surface area contributed by atoms with E-state index in [0.717, 1.165) is 10.5 Å². The van der Waals surface area contributed by atoms with Crippen molar-refractivity contribution in [3.63, 3.8) is 0 Å². The van der Waals surface area contributed by atoms with Gasteiger partial charge >= 0.3 is 0 Å². The number of ketones is 2. The molecule has 0 saturated heterocycles. The maximum atomic E-state index is 12.1. The monoisotopic (exact) mass is 347 g/mol. The van der Waals surface area contributed by atoms with Crippen molar-refractivity contribution in [2.75, 3.05) is 5.73 Å². The molecule has 5 heteroatoms. The first-order valence-electron chi connectivity index (χ1n) is 7.18. The third kappa shape index (κ3) is 4.15. The Morgan fingerprint density at radius 3 is 2.13 bits per heavy atom. The van der Waals surface area contributed by atoms with Gasteiger partial charge in [0.1, 0.15) is 11.6 Å². The lowest BCUT2D eigenvalue weighted by molar-refractivity contribution is -0.130. The van der Waals surface area contributed by atoms with Crippen molar-refractivity contribution in [2.45, 2.75) is 24.0 Å². The molecule has 0 aliphatic carbocycles. The van der Waals surface area contributed by atoms with Crippen molar-refractivity contribution in [2.24, 2.45) is 5.92 Å². The minimum atomic E-state index is -0.764. The summed E-state index contributed by atoms with van der Waals surface area (Å²) in [5.41, 5.74) is 7.39. The van der Waals surface area contributed by atoms with Gasteiger partial charge in [0.05, 0.1) is 11.2 Å². The quantitative estimate of drug-likeness (QED) is 0.473. The fourth-order valence-corrected chi connectivity index (χ4v) is 4.26. The molecule has 1 atom stereocenters. The summed E-state index contributed by atoms with van der Waals surface area (Å²) < 4.78 is 0. The van der Waals surface area contributed by atoms with Crippen LogP contribution in [0.2, 0.25) is 5.02 Å². The largest absolute Gasteiger partial charge is 0.398 e. The van der Waals surface area contributed by atoms with Crippen LogP contribution in [0.4, 0.5) is 5.69 Å². The zero-order chi connectivity index (χ0) is 17.0. The summed E-state index contributed by atoms with van der Waals surface area (Å²) in [5.74, 6) is -1.12. The number of hydrogen-bond donors (Lipinski definition) is 1. The summed E-state index contributed by atoms with van der Waals surface area (Å²) in [6.07, 6.45) is 0. The molecule has 0 bridgehead atoms. The number of benzene rings is 2. The highest BCUT2D eigenvalue weighted by Crippen LogP contribution is 2.45. The molecule has 0 heterocycles. The second kappa shape index (κ2) is 7.66. The number of halogens is 1. The number of carbonyl (C=O) groups is 2. The van der Waals surface area contributed by atoms with Crippen molar-refractivity contribution in [1.82, 2.24) is 0 Å². The molecule has 1 unspecified atom stereocenters. The number of hydrogen-bond acceptors (Lipinski definition) is 4. The Hall–Kier alpha value is -1.78. The molecule has 23 heavy (non-hydrogen) atoms. The zero-order valence-electron chi connectivity index (χ0n) is 13.0. The number of para-hydroxylation sites is 1. The molecule has 2 aromatic rings. The minimum absolute atomic E-state index is 0.176. The maximum Gasteiger partial charge on any atom is 0.141 e. The van der Waals surface area contributed by atoms with Gasteiger partial charge in [-0.2, -0.15) is 0 Å². The highest BCUT2D eigenvalue weighted by atomic mass is 35.5. The van der Waals surface area contributed by atoms with Crippen LogP contribution in [-0.2, 0) is 9.59 Å². The Balaban J connectivity index is 2.51. The van der Waals surface area contributed by atoms with Crippen LogP contribution >= 0.6 is 23.4 Å². The van der Waals surface area contributed by atoms with Crippen molar-refractivity contribution in [3.05, 3.63) is 59.1 Å². The number of carbonyl (C=O) groups excluding carboxylic acids is 2. The molecule has 0 radical (unpaired) electrons. The molecule has 0 saturated carbocycles. The Labute approximate surface area is 145 Å². The van der Waals surface area contributed by atoms with E-state index in [1.807, 2.05) is 36.4 Å². The standard InChI is InChI=1S/C18H18ClNO2S/c1-11(21)17(12(2)22)18(13-7-3-4-8-14(13)19)23-16-10-6-5-9-15(16)20/h3-10,17-18H,20H2,1-2H3. The Kier molecular flexibility index (Phi) is 5.85. The number of nitrogens with two attached hydrogens (primary N) is 1. The average Bonchev–Trinajstić information content (AvgIpc) is 2.48. The number of Topliss-reactive ketones (excluding diaryl/α,β-unsaturated/α-hetero) is 2. The summed E-state index contributed by atoms with van der Waals surface area (Å²) in [6, 6.07) is 14.7. The van der Waals surface area contributed by atoms with Gasteiger partial charge in [0.15, 0.2) is 0 Å². The summed E-state index contributed by atoms with van der Waals surface area (Å²) in [4.78, 5) is 25.0. The number of anilines is 1. The van der Waals surface area contributed by atoms with E-state index < -0.39 is 11.2 Å². The topological polar surface area (TPSA) is 60.2 Å². The predicted octanol–water partition coefficient (Wildman–Crippen LogP) is 4.55. The molecule has 0 aliphatic heterocycles. The van der Waals surface area contributed by atoms with Crippen LogP contribution in [0, 0.1) is 5.92 Å². The van der Waals surface area contributed by atoms with Gasteiger partial charge in [-0.1, -0.05) is 41.9 Å². The van der Waals surface area contributed by atoms with Gasteiger partial charge in [-0.3, -0.25) is 9.59 Å². The first-order chi connectivity index (χ1) is 10.9. The van der Waals surface area contributed by atoms with E-state index in [1.54, 1.807) is 12.1 Å². The van der Waals surface area contributed by atoms with Gasteiger partial charge in [-0.05, 0) is 37.6 Å². The van der Waals surface area contributed by atoms with E-state index in [4.69, 9.17) is 17.3 Å². The van der Waals surface area contributed by atoms with E-state index >= 15 is 0 Å². The molecule has 0 spiro atoms. The van der Waals surface area contributed by atoms with Gasteiger partial charge in [0.25, 0.3) is 0 Å². The fourth-order valence-electron chi connectivity index (χ4n) is 2.45. The molecule has 2 N–H and O–H groups in total. The number of rotatable bonds is 6. The van der Waals surface area contributed by atoms with Crippen LogP contribution in [0.15, 0.2) is 53.4 Å². The Morgan fingerprint density at radius 1 is 1.00 bits per heavy atom. The first-order valence-corrected chi connectivity index (χ1v) is 8.44. The van der Waals surface area contributed by atoms with E-state index in [-0.39, 0.29) is 11.6 Å². The van der Waals surface area contributed by atoms with Crippen LogP contribution in [0.1, 0.15) is 24.7 Å². The zero-order valence-corrected chi connectivity index (χ0v) is 14.5. The van der Waals surface area contributed by atoms with Crippen LogP contribution in [0.5, 0.6) is 0 Å². The minimum Gasteiger partial charge on any atom is -0.398 e. The van der Waals surface area contributed by atoms with Gasteiger partial charge in [0, 0.05) is 15.6 Å². The fraction of sp³-hybridized carbons (Fsp3) is 0.222. The molecule has 0 fully saturated rings. The summed E-state index contributed by atoms with van der Waals surface area (Å²) in [5, 5.41) is 0.121. The smallest absolute Gasteiger partial charge is 0.141 e. The second-order valence-electron chi connectivity index (χ2n) is 5.30. The molecule has 0 amide bonds. The lowest BCUT2D eigenvalue weighted by atomic mass is 9.92. The molecular weight excluding hydrogens is 330 g/mol. The van der Waals surface area contributed by atoms with Gasteiger partial charge in [-0.15, -0.1) is 11.8 Å². The van der Waals surface area contributed by atoms with E-state index in [0.29, 0.717) is 10.7 Å². The van der Waals surface area contributed by atoms with Crippen LogP contribution < -0.4 is 5.73 Å². The molecule has 0 aliphatic rings. The summed E-state index contributed by atoms with van der Waals surface area (Å²) in [7, 11) is 0. The van der Waals surface area contributed by atoms with Crippen molar-refractivity contribution < 1.29 is 9.59 Å². The summed E-state index contributed by atoms with van der Waals surface area (Å²) >= 11 is 7.71. The van der Waals surface area contributed by atoms with Crippen molar-refractivity contribution >= 4 is 40.6 Å². The lowest BCUT2D eigenvalue weighted by Crippen LogP contribution is -2.25. The van der Waals surface area contributed by atoms with Crippen molar-refractivity contribution in [1.29, 1.82) is 0 Å². The highest BCUT2D eigenvalue weighted by molar-refractivity contribution is 7.99. The van der Waals surface area contributed by atoms with Gasteiger partial charge < -0.3 is 5.73 Å². The van der Waals surface area contributed by atoms with Gasteiger partial charge in [0.2, 0.25) is 0 Å². The van der Waals surface area contributed by atoms with E-state index in [1.165, 1.54) is 25.6 Å². The molecule has 0 aromatic heterocycles. The molecule has 2 aromatic carbocycles. The number of nitrogen functional groups attached to an aromatic ring is 1. The molecule has 120 valence electrons. The van der Waals surface area contributed by atoms with Gasteiger partial charge in [-0.25, -0.2) is 0 Å². The van der Waals surface area contributed by atoms with E-state index in [2.05, 4.69) is 0 Å². The highest BCUT2D eigenvalue weighted by Gasteiger charge is 2.33. The van der Waals surface area contributed by atoms with Crippen LogP contribution in [0.25, 0.3) is 0 Å². The van der Waals surface area contributed by atoms with Crippen LogP contribution in [0.3, 0.4) is 0 Å². The van der Waals surface area contributed by atoms with E-state index in [9.17, 15) is 9.59 Å². The predicted molar refractivity (Wildman–Crippen MR) is 95.8 cm³/mol. The Bertz CT molecular complexity index is 718. The molecule has 2 rings (SSSR count). The van der Waals surface area contributed by atoms with Crippen molar-refractivity contribution in [3.8, 4) is 0 Å². The Morgan fingerprint density at radius 2 is 1.57 bits per heavy atom. The number of thioether (sulfide) groups is 1. The maximum absolute atomic E-state index is 12.1. The SMILES string of the molecule is CC(=O)C(C(C)=O)C(Sc1ccccc1N)c1ccccc1Cl. The summed E-state index contributed by atoms with van der Waals surface area (Å²) in [6.45, 7) is 2.87. The normalized spacial score (nSPS) is 12.2. The lowest BCUT2D eigenvalue weighted by Gasteiger charge is -2.24. The third-order valence-corrected chi connectivity index (χ3v) is 5.31. The molecule has 3 nitrogen and oxygen atoms in total. The van der Waals surface area contributed by atoms with Crippen LogP contribution in [-0.4, -0.2) is 11.6 Å². The second-order valence-corrected chi connectivity index (χ2v) is 6.89. The average molecular weight is 348 g/mol.